The van der Waals surface area contributed by atoms with Crippen LogP contribution < -0.4 is 19.8 Å². The van der Waals surface area contributed by atoms with Gasteiger partial charge in [0.15, 0.2) is 11.5 Å². The van der Waals surface area contributed by atoms with Crippen molar-refractivity contribution in [1.29, 1.82) is 0 Å². The summed E-state index contributed by atoms with van der Waals surface area (Å²) < 4.78 is 11.3. The van der Waals surface area contributed by atoms with Gasteiger partial charge in [-0.25, -0.2) is 5.43 Å². The van der Waals surface area contributed by atoms with E-state index in [1.165, 1.54) is 7.11 Å². The maximum absolute atomic E-state index is 12.2. The monoisotopic (exact) mass is 405 g/mol. The van der Waals surface area contributed by atoms with Crippen molar-refractivity contribution in [3.05, 3.63) is 52.0 Å². The first-order valence-electron chi connectivity index (χ1n) is 7.48. The number of benzene rings is 2. The van der Waals surface area contributed by atoms with E-state index in [0.717, 1.165) is 15.7 Å². The Bertz CT molecular complexity index is 791. The lowest BCUT2D eigenvalue weighted by Crippen LogP contribution is -2.17. The van der Waals surface area contributed by atoms with E-state index in [-0.39, 0.29) is 5.91 Å². The maximum Gasteiger partial charge on any atom is 0.271 e. The van der Waals surface area contributed by atoms with Crippen LogP contribution >= 0.6 is 15.9 Å². The molecule has 0 aromatic heterocycles. The van der Waals surface area contributed by atoms with Gasteiger partial charge in [-0.3, -0.25) is 4.79 Å². The number of ether oxygens (including phenoxy) is 2. The van der Waals surface area contributed by atoms with Crippen LogP contribution in [0.1, 0.15) is 15.9 Å². The minimum atomic E-state index is -0.332. The summed E-state index contributed by atoms with van der Waals surface area (Å²) in [6.45, 7) is 0. The zero-order valence-electron chi connectivity index (χ0n) is 14.5. The van der Waals surface area contributed by atoms with E-state index in [1.54, 1.807) is 31.5 Å². The molecule has 0 unspecified atom stereocenters. The molecule has 0 fully saturated rings. The van der Waals surface area contributed by atoms with Gasteiger partial charge in [0.2, 0.25) is 0 Å². The van der Waals surface area contributed by atoms with Crippen molar-refractivity contribution in [1.82, 2.24) is 5.43 Å². The number of nitrogens with one attached hydrogen (secondary N) is 1. The number of amides is 1. The number of carbonyl (C=O) groups is 1. The Morgan fingerprint density at radius 3 is 2.44 bits per heavy atom. The zero-order chi connectivity index (χ0) is 18.4. The van der Waals surface area contributed by atoms with E-state index in [2.05, 4.69) is 26.5 Å². The second-order valence-electron chi connectivity index (χ2n) is 5.37. The first kappa shape index (κ1) is 18.8. The summed E-state index contributed by atoms with van der Waals surface area (Å²) in [5, 5.41) is 4.00. The third kappa shape index (κ3) is 4.73. The molecule has 2 aromatic carbocycles. The molecular formula is C18H20BrN3O3. The summed E-state index contributed by atoms with van der Waals surface area (Å²) in [6, 6.07) is 10.8. The SMILES string of the molecule is COc1ccc(C(=O)N/N=C/c2ccc(N(C)C)c(Br)c2)cc1OC. The first-order chi connectivity index (χ1) is 12.0. The molecule has 0 saturated heterocycles. The largest absolute Gasteiger partial charge is 0.493 e. The van der Waals surface area contributed by atoms with E-state index in [0.29, 0.717) is 17.1 Å². The van der Waals surface area contributed by atoms with Crippen LogP contribution in [0, 0.1) is 0 Å². The van der Waals surface area contributed by atoms with Crippen LogP contribution in [0.3, 0.4) is 0 Å². The molecule has 2 aromatic rings. The maximum atomic E-state index is 12.2. The fourth-order valence-corrected chi connectivity index (χ4v) is 2.92. The van der Waals surface area contributed by atoms with Gasteiger partial charge in [-0.2, -0.15) is 5.10 Å². The fourth-order valence-electron chi connectivity index (χ4n) is 2.17. The first-order valence-corrected chi connectivity index (χ1v) is 8.28. The fraction of sp³-hybridized carbons (Fsp3) is 0.222. The van der Waals surface area contributed by atoms with Crippen LogP contribution in [0.25, 0.3) is 0 Å². The highest BCUT2D eigenvalue weighted by atomic mass is 79.9. The molecule has 0 aliphatic rings. The third-order valence-corrected chi connectivity index (χ3v) is 4.11. The molecule has 6 nitrogen and oxygen atoms in total. The summed E-state index contributed by atoms with van der Waals surface area (Å²) in [7, 11) is 7.00. The van der Waals surface area contributed by atoms with Crippen LogP contribution in [0.15, 0.2) is 46.0 Å². The molecule has 0 bridgehead atoms. The molecular weight excluding hydrogens is 386 g/mol. The minimum Gasteiger partial charge on any atom is -0.493 e. The number of hydrazone groups is 1. The van der Waals surface area contributed by atoms with Gasteiger partial charge in [-0.05, 0) is 51.8 Å². The highest BCUT2D eigenvalue weighted by molar-refractivity contribution is 9.10. The Hall–Kier alpha value is -2.54. The summed E-state index contributed by atoms with van der Waals surface area (Å²) in [5.41, 5.74) is 4.86. The lowest BCUT2D eigenvalue weighted by Gasteiger charge is -2.14. The molecule has 0 aliphatic heterocycles. The zero-order valence-corrected chi connectivity index (χ0v) is 16.1. The van der Waals surface area contributed by atoms with Crippen molar-refractivity contribution in [3.63, 3.8) is 0 Å². The van der Waals surface area contributed by atoms with Gasteiger partial charge in [0.1, 0.15) is 0 Å². The Morgan fingerprint density at radius 1 is 1.12 bits per heavy atom. The molecule has 1 N–H and O–H groups in total. The lowest BCUT2D eigenvalue weighted by molar-refractivity contribution is 0.0954. The topological polar surface area (TPSA) is 63.2 Å². The molecule has 0 spiro atoms. The number of anilines is 1. The normalized spacial score (nSPS) is 10.6. The number of hydrogen-bond donors (Lipinski definition) is 1. The molecule has 0 saturated carbocycles. The predicted octanol–water partition coefficient (Wildman–Crippen LogP) is 3.30. The minimum absolute atomic E-state index is 0.332. The summed E-state index contributed by atoms with van der Waals surface area (Å²) in [4.78, 5) is 14.2. The smallest absolute Gasteiger partial charge is 0.271 e. The van der Waals surface area contributed by atoms with Crippen molar-refractivity contribution in [2.75, 3.05) is 33.2 Å². The molecule has 1 amide bonds. The van der Waals surface area contributed by atoms with Gasteiger partial charge >= 0.3 is 0 Å². The Labute approximate surface area is 155 Å². The van der Waals surface area contributed by atoms with Crippen LogP contribution in [0.5, 0.6) is 11.5 Å². The Balaban J connectivity index is 2.07. The molecule has 25 heavy (non-hydrogen) atoms. The van der Waals surface area contributed by atoms with E-state index in [1.807, 2.05) is 37.2 Å². The highest BCUT2D eigenvalue weighted by Crippen LogP contribution is 2.27. The second kappa shape index (κ2) is 8.53. The molecule has 0 atom stereocenters. The highest BCUT2D eigenvalue weighted by Gasteiger charge is 2.10. The van der Waals surface area contributed by atoms with Crippen LogP contribution in [-0.4, -0.2) is 40.4 Å². The molecule has 2 rings (SSSR count). The average molecular weight is 406 g/mol. The van der Waals surface area contributed by atoms with Crippen molar-refractivity contribution in [2.45, 2.75) is 0 Å². The van der Waals surface area contributed by atoms with E-state index in [4.69, 9.17) is 9.47 Å². The van der Waals surface area contributed by atoms with Gasteiger partial charge in [0.05, 0.1) is 26.1 Å². The predicted molar refractivity (Wildman–Crippen MR) is 103 cm³/mol. The van der Waals surface area contributed by atoms with Gasteiger partial charge in [0, 0.05) is 24.1 Å². The lowest BCUT2D eigenvalue weighted by atomic mass is 10.2. The number of rotatable bonds is 6. The van der Waals surface area contributed by atoms with Crippen molar-refractivity contribution in [2.24, 2.45) is 5.10 Å². The number of carbonyl (C=O) groups excluding carboxylic acids is 1. The Kier molecular flexibility index (Phi) is 6.41. The second-order valence-corrected chi connectivity index (χ2v) is 6.23. The van der Waals surface area contributed by atoms with Crippen LogP contribution in [-0.2, 0) is 0 Å². The summed E-state index contributed by atoms with van der Waals surface area (Å²) in [5.74, 6) is 0.719. The molecule has 0 heterocycles. The summed E-state index contributed by atoms with van der Waals surface area (Å²) >= 11 is 3.52. The van der Waals surface area contributed by atoms with Crippen LogP contribution in [0.4, 0.5) is 5.69 Å². The van der Waals surface area contributed by atoms with Gasteiger partial charge in [0.25, 0.3) is 5.91 Å². The van der Waals surface area contributed by atoms with Crippen molar-refractivity contribution >= 4 is 33.7 Å². The number of hydrogen-bond acceptors (Lipinski definition) is 5. The van der Waals surface area contributed by atoms with Gasteiger partial charge < -0.3 is 14.4 Å². The van der Waals surface area contributed by atoms with Gasteiger partial charge in [-0.1, -0.05) is 6.07 Å². The average Bonchev–Trinajstić information content (AvgIpc) is 2.60. The molecule has 7 heteroatoms. The quantitative estimate of drug-likeness (QED) is 0.591. The molecule has 0 aliphatic carbocycles. The standard InChI is InChI=1S/C18H20BrN3O3/c1-22(2)15-7-5-12(9-14(15)19)11-20-21-18(23)13-6-8-16(24-3)17(10-13)25-4/h5-11H,1-4H3,(H,21,23)/b20-11+. The summed E-state index contributed by atoms with van der Waals surface area (Å²) in [6.07, 6.45) is 1.59. The van der Waals surface area contributed by atoms with Crippen molar-refractivity contribution < 1.29 is 14.3 Å². The van der Waals surface area contributed by atoms with E-state index < -0.39 is 0 Å². The number of nitrogens with zero attached hydrogens (tertiary/aromatic N) is 2. The molecule has 0 radical (unpaired) electrons. The number of halogens is 1. The van der Waals surface area contributed by atoms with Gasteiger partial charge in [-0.15, -0.1) is 0 Å². The van der Waals surface area contributed by atoms with E-state index >= 15 is 0 Å². The van der Waals surface area contributed by atoms with E-state index in [9.17, 15) is 4.79 Å². The Morgan fingerprint density at radius 2 is 1.84 bits per heavy atom. The number of methoxy groups -OCH3 is 2. The van der Waals surface area contributed by atoms with Crippen molar-refractivity contribution in [3.8, 4) is 11.5 Å². The van der Waals surface area contributed by atoms with Crippen LogP contribution in [0.2, 0.25) is 0 Å². The molecule has 132 valence electrons. The third-order valence-electron chi connectivity index (χ3n) is 3.48.